The fourth-order valence-electron chi connectivity index (χ4n) is 3.68. The third-order valence-corrected chi connectivity index (χ3v) is 5.39. The van der Waals surface area contributed by atoms with Gasteiger partial charge in [-0.2, -0.15) is 0 Å². The van der Waals surface area contributed by atoms with E-state index in [4.69, 9.17) is 23.7 Å². The zero-order valence-corrected chi connectivity index (χ0v) is 19.0. The van der Waals surface area contributed by atoms with Crippen molar-refractivity contribution in [3.8, 4) is 11.1 Å². The number of nitrogens with zero attached hydrogens (tertiary/aromatic N) is 1. The second-order valence-electron chi connectivity index (χ2n) is 7.56. The van der Waals surface area contributed by atoms with Gasteiger partial charge in [-0.15, -0.1) is 0 Å². The molecule has 0 heterocycles. The molecule has 1 aliphatic rings. The number of amides is 1. The average molecular weight is 444 g/mol. The number of ether oxygens (including phenoxy) is 5. The van der Waals surface area contributed by atoms with Crippen molar-refractivity contribution in [3.63, 3.8) is 0 Å². The van der Waals surface area contributed by atoms with Crippen LogP contribution in [0.5, 0.6) is 0 Å². The summed E-state index contributed by atoms with van der Waals surface area (Å²) in [5, 5.41) is 0. The van der Waals surface area contributed by atoms with Gasteiger partial charge in [0, 0.05) is 26.6 Å². The Morgan fingerprint density at radius 3 is 1.84 bits per heavy atom. The highest BCUT2D eigenvalue weighted by molar-refractivity contribution is 5.79. The second-order valence-corrected chi connectivity index (χ2v) is 7.56. The molecule has 0 aromatic heterocycles. The van der Waals surface area contributed by atoms with Gasteiger partial charge in [0.25, 0.3) is 0 Å². The Hall–Kier alpha value is -2.45. The van der Waals surface area contributed by atoms with Gasteiger partial charge in [0.1, 0.15) is 6.61 Å². The molecule has 0 spiro atoms. The Morgan fingerprint density at radius 2 is 1.28 bits per heavy atom. The van der Waals surface area contributed by atoms with Gasteiger partial charge >= 0.3 is 6.09 Å². The zero-order valence-electron chi connectivity index (χ0n) is 19.0. The molecule has 0 unspecified atom stereocenters. The van der Waals surface area contributed by atoms with E-state index in [-0.39, 0.29) is 12.0 Å². The number of hydrogen-bond donors (Lipinski definition) is 0. The van der Waals surface area contributed by atoms with Crippen LogP contribution in [-0.4, -0.2) is 84.6 Å². The number of benzene rings is 2. The lowest BCUT2D eigenvalue weighted by molar-refractivity contribution is 0.00150. The lowest BCUT2D eigenvalue weighted by atomic mass is 9.98. The van der Waals surface area contributed by atoms with Crippen LogP contribution in [0.1, 0.15) is 17.0 Å². The molecular formula is C25H33NO6. The maximum absolute atomic E-state index is 12.4. The van der Waals surface area contributed by atoms with Crippen molar-refractivity contribution < 1.29 is 28.5 Å². The van der Waals surface area contributed by atoms with Crippen LogP contribution in [-0.2, 0) is 23.7 Å². The van der Waals surface area contributed by atoms with E-state index in [0.717, 1.165) is 0 Å². The van der Waals surface area contributed by atoms with E-state index in [9.17, 15) is 4.79 Å². The van der Waals surface area contributed by atoms with Gasteiger partial charge in [-0.05, 0) is 22.3 Å². The lowest BCUT2D eigenvalue weighted by Crippen LogP contribution is -2.32. The van der Waals surface area contributed by atoms with Crippen LogP contribution in [0.2, 0.25) is 0 Å². The molecule has 7 nitrogen and oxygen atoms in total. The van der Waals surface area contributed by atoms with Crippen LogP contribution < -0.4 is 0 Å². The van der Waals surface area contributed by atoms with Crippen molar-refractivity contribution in [1.29, 1.82) is 0 Å². The summed E-state index contributed by atoms with van der Waals surface area (Å²) in [7, 11) is 3.36. The van der Waals surface area contributed by atoms with Crippen LogP contribution in [0.25, 0.3) is 11.1 Å². The summed E-state index contributed by atoms with van der Waals surface area (Å²) in [4.78, 5) is 14.0. The van der Waals surface area contributed by atoms with Gasteiger partial charge in [0.15, 0.2) is 0 Å². The Bertz CT molecular complexity index is 797. The largest absolute Gasteiger partial charge is 0.448 e. The molecule has 3 rings (SSSR count). The third-order valence-electron chi connectivity index (χ3n) is 5.39. The number of methoxy groups -OCH3 is 1. The molecule has 2 aromatic rings. The summed E-state index contributed by atoms with van der Waals surface area (Å²) >= 11 is 0. The summed E-state index contributed by atoms with van der Waals surface area (Å²) in [5.41, 5.74) is 4.84. The molecule has 0 bridgehead atoms. The fourth-order valence-corrected chi connectivity index (χ4v) is 3.68. The Morgan fingerprint density at radius 1 is 0.781 bits per heavy atom. The summed E-state index contributed by atoms with van der Waals surface area (Å²) in [5.74, 6) is 0.0617. The van der Waals surface area contributed by atoms with Crippen molar-refractivity contribution in [2.24, 2.45) is 0 Å². The van der Waals surface area contributed by atoms with E-state index in [0.29, 0.717) is 59.4 Å². The van der Waals surface area contributed by atoms with Crippen molar-refractivity contribution in [3.05, 3.63) is 59.7 Å². The van der Waals surface area contributed by atoms with E-state index in [1.54, 1.807) is 14.2 Å². The van der Waals surface area contributed by atoms with Gasteiger partial charge in [-0.1, -0.05) is 48.5 Å². The maximum Gasteiger partial charge on any atom is 0.409 e. The average Bonchev–Trinajstić information content (AvgIpc) is 3.14. The quantitative estimate of drug-likeness (QED) is 0.416. The zero-order chi connectivity index (χ0) is 22.6. The Balaban J connectivity index is 1.31. The van der Waals surface area contributed by atoms with Crippen molar-refractivity contribution in [2.45, 2.75) is 5.92 Å². The molecule has 0 atom stereocenters. The number of fused-ring (bicyclic) bond motifs is 3. The smallest absolute Gasteiger partial charge is 0.409 e. The molecule has 174 valence electrons. The van der Waals surface area contributed by atoms with Gasteiger partial charge in [-0.3, -0.25) is 0 Å². The number of hydrogen-bond acceptors (Lipinski definition) is 6. The predicted octanol–water partition coefficient (Wildman–Crippen LogP) is 3.56. The highest BCUT2D eigenvalue weighted by Crippen LogP contribution is 2.44. The van der Waals surface area contributed by atoms with E-state index < -0.39 is 0 Å². The lowest BCUT2D eigenvalue weighted by Gasteiger charge is -2.19. The second kappa shape index (κ2) is 13.2. The highest BCUT2D eigenvalue weighted by atomic mass is 16.6. The van der Waals surface area contributed by atoms with Gasteiger partial charge in [-0.25, -0.2) is 4.79 Å². The first kappa shape index (κ1) is 24.2. The molecule has 0 saturated carbocycles. The number of rotatable bonds is 14. The predicted molar refractivity (Wildman–Crippen MR) is 122 cm³/mol. The molecule has 0 aliphatic heterocycles. The minimum absolute atomic E-state index is 0.0617. The van der Waals surface area contributed by atoms with Crippen molar-refractivity contribution in [2.75, 3.05) is 73.6 Å². The van der Waals surface area contributed by atoms with Crippen LogP contribution in [0.4, 0.5) is 4.79 Å². The molecule has 0 saturated heterocycles. The SMILES string of the molecule is COCCOCCOCCOCCN(C)C(=O)OCC1c2ccccc2-c2ccccc21. The monoisotopic (exact) mass is 443 g/mol. The normalized spacial score (nSPS) is 12.4. The molecular weight excluding hydrogens is 410 g/mol. The van der Waals surface area contributed by atoms with Gasteiger partial charge < -0.3 is 28.6 Å². The fraction of sp³-hybridized carbons (Fsp3) is 0.480. The minimum Gasteiger partial charge on any atom is -0.448 e. The molecule has 1 aliphatic carbocycles. The Kier molecular flexibility index (Phi) is 9.97. The van der Waals surface area contributed by atoms with Crippen LogP contribution in [0.3, 0.4) is 0 Å². The van der Waals surface area contributed by atoms with E-state index in [1.165, 1.54) is 27.2 Å². The van der Waals surface area contributed by atoms with Crippen LogP contribution >= 0.6 is 0 Å². The molecule has 2 aromatic carbocycles. The molecule has 7 heteroatoms. The maximum atomic E-state index is 12.4. The van der Waals surface area contributed by atoms with Crippen LogP contribution in [0.15, 0.2) is 48.5 Å². The van der Waals surface area contributed by atoms with Gasteiger partial charge in [0.05, 0.1) is 46.2 Å². The summed E-state index contributed by atoms with van der Waals surface area (Å²) < 4.78 is 26.8. The molecule has 1 amide bonds. The third kappa shape index (κ3) is 6.77. The summed E-state index contributed by atoms with van der Waals surface area (Å²) in [6, 6.07) is 16.6. The number of likely N-dealkylation sites (N-methyl/N-ethyl adjacent to an activating group) is 1. The number of carbonyl (C=O) groups is 1. The first-order valence-corrected chi connectivity index (χ1v) is 11.0. The molecule has 0 N–H and O–H groups in total. The first-order chi connectivity index (χ1) is 15.7. The highest BCUT2D eigenvalue weighted by Gasteiger charge is 2.29. The molecule has 0 radical (unpaired) electrons. The summed E-state index contributed by atoms with van der Waals surface area (Å²) in [6.07, 6.45) is -0.347. The van der Waals surface area contributed by atoms with Crippen molar-refractivity contribution in [1.82, 2.24) is 4.90 Å². The summed E-state index contributed by atoms with van der Waals surface area (Å²) in [6.45, 7) is 4.36. The molecule has 0 fully saturated rings. The number of carbonyl (C=O) groups excluding carboxylic acids is 1. The van der Waals surface area contributed by atoms with Gasteiger partial charge in [0.2, 0.25) is 0 Å². The first-order valence-electron chi connectivity index (χ1n) is 11.0. The van der Waals surface area contributed by atoms with Crippen molar-refractivity contribution >= 4 is 6.09 Å². The molecule has 32 heavy (non-hydrogen) atoms. The minimum atomic E-state index is -0.347. The van der Waals surface area contributed by atoms with E-state index in [1.807, 2.05) is 24.3 Å². The Labute approximate surface area is 190 Å². The van der Waals surface area contributed by atoms with Crippen LogP contribution in [0, 0.1) is 0 Å². The topological polar surface area (TPSA) is 66.5 Å². The standard InChI is InChI=1S/C25H33NO6/c1-26(11-12-29-15-16-31-18-17-30-14-13-28-2)25(27)32-19-24-22-9-5-3-7-20(22)21-8-4-6-10-23(21)24/h3-10,24H,11-19H2,1-2H3. The van der Waals surface area contributed by atoms with E-state index in [2.05, 4.69) is 24.3 Å². The van der Waals surface area contributed by atoms with E-state index >= 15 is 0 Å².